The van der Waals surface area contributed by atoms with Crippen LogP contribution in [0.15, 0.2) is 12.7 Å². The summed E-state index contributed by atoms with van der Waals surface area (Å²) in [4.78, 5) is 29.0. The third kappa shape index (κ3) is 2.46. The molecule has 0 amide bonds. The van der Waals surface area contributed by atoms with E-state index in [4.69, 9.17) is 9.97 Å². The second-order valence-corrected chi connectivity index (χ2v) is 10.6. The molecule has 0 N–H and O–H groups in total. The van der Waals surface area contributed by atoms with Crippen molar-refractivity contribution >= 4 is 54.7 Å². The fourth-order valence-electron chi connectivity index (χ4n) is 5.43. The van der Waals surface area contributed by atoms with E-state index in [1.165, 1.54) is 79.8 Å². The lowest BCUT2D eigenvalue weighted by Gasteiger charge is -2.36. The number of nitrogens with zero attached hydrogens (tertiary/aromatic N) is 6. The first-order chi connectivity index (χ1) is 14.9. The summed E-state index contributed by atoms with van der Waals surface area (Å²) in [5.41, 5.74) is 3.03. The van der Waals surface area contributed by atoms with Crippen molar-refractivity contribution in [2.75, 3.05) is 36.0 Å². The number of rotatable bonds is 2. The average molecular weight is 435 g/mol. The minimum Gasteiger partial charge on any atom is -0.352 e. The Bertz CT molecular complexity index is 1180. The van der Waals surface area contributed by atoms with Crippen molar-refractivity contribution < 1.29 is 0 Å². The van der Waals surface area contributed by atoms with Gasteiger partial charge in [0.05, 0.1) is 10.8 Å². The lowest BCUT2D eigenvalue weighted by atomic mass is 10.1. The van der Waals surface area contributed by atoms with E-state index >= 15 is 0 Å². The van der Waals surface area contributed by atoms with Crippen molar-refractivity contribution in [2.24, 2.45) is 0 Å². The molecule has 5 heterocycles. The highest BCUT2D eigenvalue weighted by atomic mass is 32.1. The molecular weight excluding hydrogens is 412 g/mol. The van der Waals surface area contributed by atoms with Crippen LogP contribution in [0.2, 0.25) is 0 Å². The summed E-state index contributed by atoms with van der Waals surface area (Å²) in [7, 11) is 0. The Morgan fingerprint density at radius 2 is 1.07 bits per heavy atom. The van der Waals surface area contributed by atoms with Crippen LogP contribution in [0, 0.1) is 0 Å². The summed E-state index contributed by atoms with van der Waals surface area (Å²) in [5.74, 6) is 2.28. The van der Waals surface area contributed by atoms with Crippen molar-refractivity contribution in [3.63, 3.8) is 0 Å². The van der Waals surface area contributed by atoms with Gasteiger partial charge in [-0.25, -0.2) is 19.9 Å². The quantitative estimate of drug-likeness (QED) is 0.475. The number of fused-ring (bicyclic) bond motifs is 6. The molecule has 8 heteroatoms. The van der Waals surface area contributed by atoms with E-state index in [0.29, 0.717) is 0 Å². The molecule has 0 atom stereocenters. The standard InChI is InChI=1S/C22H22N6S2/c1-3-13-15(5-1)29-21-17(13)19(23-11-25-21)27-7-9-28(10-8-27)20-18-14-4-2-6-16(14)30-22(18)26-12-24-20/h11-12H,1-10H2. The Morgan fingerprint density at radius 3 is 1.53 bits per heavy atom. The van der Waals surface area contributed by atoms with Crippen LogP contribution >= 0.6 is 22.7 Å². The summed E-state index contributed by atoms with van der Waals surface area (Å²) in [5, 5.41) is 2.65. The minimum absolute atomic E-state index is 0.967. The lowest BCUT2D eigenvalue weighted by Crippen LogP contribution is -2.47. The second-order valence-electron chi connectivity index (χ2n) is 8.44. The SMILES string of the molecule is c1nc(N2CCN(c3ncnc4sc5c(c34)CCC5)CC2)c2c3c(sc2n1)CCC3. The van der Waals surface area contributed by atoms with E-state index in [2.05, 4.69) is 19.8 Å². The van der Waals surface area contributed by atoms with Crippen LogP contribution in [0.1, 0.15) is 33.7 Å². The minimum atomic E-state index is 0.967. The Hall–Kier alpha value is -2.32. The average Bonchev–Trinajstić information content (AvgIpc) is 3.53. The Balaban J connectivity index is 1.21. The van der Waals surface area contributed by atoms with Crippen LogP contribution in [0.5, 0.6) is 0 Å². The number of anilines is 2. The molecule has 2 aliphatic carbocycles. The summed E-state index contributed by atoms with van der Waals surface area (Å²) in [6.45, 7) is 3.87. The third-order valence-corrected chi connectivity index (χ3v) is 9.24. The molecule has 1 fully saturated rings. The van der Waals surface area contributed by atoms with Crippen molar-refractivity contribution in [1.29, 1.82) is 0 Å². The van der Waals surface area contributed by atoms with Gasteiger partial charge in [-0.2, -0.15) is 0 Å². The first-order valence-electron chi connectivity index (χ1n) is 10.9. The van der Waals surface area contributed by atoms with Crippen LogP contribution in [0.25, 0.3) is 20.4 Å². The first-order valence-corrected chi connectivity index (χ1v) is 12.5. The summed E-state index contributed by atoms with van der Waals surface area (Å²) >= 11 is 3.74. The molecular formula is C22H22N6S2. The lowest BCUT2D eigenvalue weighted by molar-refractivity contribution is 0.644. The maximum absolute atomic E-state index is 4.75. The molecule has 1 aliphatic heterocycles. The molecule has 1 saturated heterocycles. The molecule has 0 spiro atoms. The van der Waals surface area contributed by atoms with Gasteiger partial charge in [0.25, 0.3) is 0 Å². The zero-order valence-electron chi connectivity index (χ0n) is 16.7. The normalized spacial score (nSPS) is 18.5. The van der Waals surface area contributed by atoms with Crippen molar-refractivity contribution in [3.8, 4) is 0 Å². The van der Waals surface area contributed by atoms with Gasteiger partial charge in [-0.3, -0.25) is 0 Å². The molecule has 30 heavy (non-hydrogen) atoms. The molecule has 0 aromatic carbocycles. The molecule has 4 aromatic heterocycles. The fraction of sp³-hybridized carbons (Fsp3) is 0.455. The van der Waals surface area contributed by atoms with Crippen molar-refractivity contribution in [2.45, 2.75) is 38.5 Å². The first kappa shape index (κ1) is 17.4. The number of aromatic nitrogens is 4. The molecule has 7 rings (SSSR count). The van der Waals surface area contributed by atoms with Crippen LogP contribution < -0.4 is 9.80 Å². The highest BCUT2D eigenvalue weighted by Gasteiger charge is 2.28. The van der Waals surface area contributed by atoms with Gasteiger partial charge in [-0.15, -0.1) is 22.7 Å². The smallest absolute Gasteiger partial charge is 0.141 e. The Morgan fingerprint density at radius 1 is 0.600 bits per heavy atom. The fourth-order valence-corrected chi connectivity index (χ4v) is 7.88. The third-order valence-electron chi connectivity index (χ3n) is 6.84. The zero-order valence-corrected chi connectivity index (χ0v) is 18.4. The van der Waals surface area contributed by atoms with E-state index < -0.39 is 0 Å². The van der Waals surface area contributed by atoms with Crippen molar-refractivity contribution in [3.05, 3.63) is 33.5 Å². The highest BCUT2D eigenvalue weighted by Crippen LogP contribution is 2.42. The Kier molecular flexibility index (Phi) is 3.81. The summed E-state index contributed by atoms with van der Waals surface area (Å²) in [6, 6.07) is 0. The van der Waals surface area contributed by atoms with Crippen LogP contribution in [0.4, 0.5) is 11.6 Å². The predicted molar refractivity (Wildman–Crippen MR) is 123 cm³/mol. The number of piperazine rings is 1. The van der Waals surface area contributed by atoms with Gasteiger partial charge in [-0.05, 0) is 49.7 Å². The number of hydrogen-bond acceptors (Lipinski definition) is 8. The van der Waals surface area contributed by atoms with E-state index in [1.807, 2.05) is 22.7 Å². The molecule has 3 aliphatic rings. The zero-order chi connectivity index (χ0) is 19.7. The van der Waals surface area contributed by atoms with E-state index in [9.17, 15) is 0 Å². The number of hydrogen-bond donors (Lipinski definition) is 0. The maximum atomic E-state index is 4.75. The number of aryl methyl sites for hydroxylation is 4. The predicted octanol–water partition coefficient (Wildman–Crippen LogP) is 4.00. The van der Waals surface area contributed by atoms with Gasteiger partial charge in [0.2, 0.25) is 0 Å². The largest absolute Gasteiger partial charge is 0.352 e. The van der Waals surface area contributed by atoms with Gasteiger partial charge < -0.3 is 9.80 Å². The highest BCUT2D eigenvalue weighted by molar-refractivity contribution is 7.19. The number of thiophene rings is 2. The molecule has 6 nitrogen and oxygen atoms in total. The van der Waals surface area contributed by atoms with Gasteiger partial charge in [0, 0.05) is 35.9 Å². The molecule has 0 bridgehead atoms. The Labute approximate surface area is 182 Å². The van der Waals surface area contributed by atoms with Crippen molar-refractivity contribution in [1.82, 2.24) is 19.9 Å². The van der Waals surface area contributed by atoms with Crippen LogP contribution in [-0.2, 0) is 25.7 Å². The summed E-state index contributed by atoms with van der Waals surface area (Å²) in [6.07, 6.45) is 10.8. The van der Waals surface area contributed by atoms with Gasteiger partial charge in [-0.1, -0.05) is 0 Å². The van der Waals surface area contributed by atoms with E-state index in [1.54, 1.807) is 12.7 Å². The van der Waals surface area contributed by atoms with Crippen LogP contribution in [-0.4, -0.2) is 46.1 Å². The molecule has 152 valence electrons. The van der Waals surface area contributed by atoms with Gasteiger partial charge in [0.15, 0.2) is 0 Å². The summed E-state index contributed by atoms with van der Waals surface area (Å²) < 4.78 is 0. The van der Waals surface area contributed by atoms with Gasteiger partial charge in [0.1, 0.15) is 34.0 Å². The molecule has 0 unspecified atom stereocenters. The van der Waals surface area contributed by atoms with E-state index in [-0.39, 0.29) is 0 Å². The monoisotopic (exact) mass is 434 g/mol. The van der Waals surface area contributed by atoms with E-state index in [0.717, 1.165) is 37.8 Å². The molecule has 0 saturated carbocycles. The molecule has 4 aromatic rings. The topological polar surface area (TPSA) is 58.0 Å². The van der Waals surface area contributed by atoms with Gasteiger partial charge >= 0.3 is 0 Å². The second kappa shape index (κ2) is 6.59. The van der Waals surface area contributed by atoms with Crippen LogP contribution in [0.3, 0.4) is 0 Å². The molecule has 0 radical (unpaired) electrons. The maximum Gasteiger partial charge on any atom is 0.141 e.